The summed E-state index contributed by atoms with van der Waals surface area (Å²) >= 11 is 0. The second-order valence-electron chi connectivity index (χ2n) is 7.31. The smallest absolute Gasteiger partial charge is 0.307 e. The Bertz CT molecular complexity index is 1300. The zero-order valence-electron chi connectivity index (χ0n) is 15.8. The van der Waals surface area contributed by atoms with Crippen LogP contribution in [0.25, 0.3) is 32.8 Å². The third-order valence-corrected chi connectivity index (χ3v) is 5.68. The van der Waals surface area contributed by atoms with E-state index in [9.17, 15) is 9.90 Å². The number of hydrogen-bond donors (Lipinski definition) is 1. The largest absolute Gasteiger partial charge is 0.493 e. The molecule has 0 fully saturated rings. The molecule has 0 saturated heterocycles. The number of hydrogen-bond acceptors (Lipinski definition) is 3. The summed E-state index contributed by atoms with van der Waals surface area (Å²) in [5.74, 6) is -0.594. The Labute approximate surface area is 166 Å². The van der Waals surface area contributed by atoms with Crippen molar-refractivity contribution in [3.63, 3.8) is 0 Å². The van der Waals surface area contributed by atoms with Gasteiger partial charge < -0.3 is 9.84 Å². The molecule has 144 valence electrons. The van der Waals surface area contributed by atoms with E-state index in [4.69, 9.17) is 4.74 Å². The summed E-state index contributed by atoms with van der Waals surface area (Å²) in [5, 5.41) is 11.6. The lowest BCUT2D eigenvalue weighted by molar-refractivity contribution is -0.136. The Kier molecular flexibility index (Phi) is 3.98. The molecule has 0 bridgehead atoms. The molecule has 29 heavy (non-hydrogen) atoms. The van der Waals surface area contributed by atoms with Crippen LogP contribution in [0, 0.1) is 12.7 Å². The van der Waals surface area contributed by atoms with Crippen molar-refractivity contribution < 1.29 is 19.0 Å². The van der Waals surface area contributed by atoms with Crippen molar-refractivity contribution in [2.24, 2.45) is 0 Å². The van der Waals surface area contributed by atoms with Gasteiger partial charge in [0.2, 0.25) is 0 Å². The predicted molar refractivity (Wildman–Crippen MR) is 110 cm³/mol. The third-order valence-electron chi connectivity index (χ3n) is 5.68. The number of benzene rings is 3. The van der Waals surface area contributed by atoms with E-state index in [1.807, 2.05) is 30.3 Å². The van der Waals surface area contributed by atoms with Gasteiger partial charge in [-0.15, -0.1) is 0 Å². The van der Waals surface area contributed by atoms with E-state index in [0.29, 0.717) is 28.5 Å². The van der Waals surface area contributed by atoms with E-state index < -0.39 is 5.97 Å². The molecule has 0 saturated carbocycles. The van der Waals surface area contributed by atoms with Crippen LogP contribution in [0.2, 0.25) is 0 Å². The Balaban J connectivity index is 1.95. The van der Waals surface area contributed by atoms with Gasteiger partial charge in [0, 0.05) is 29.0 Å². The molecular weight excluding hydrogens is 369 g/mol. The molecule has 1 aliphatic rings. The van der Waals surface area contributed by atoms with Gasteiger partial charge in [-0.1, -0.05) is 24.3 Å². The Morgan fingerprint density at radius 3 is 2.76 bits per heavy atom. The van der Waals surface area contributed by atoms with Crippen LogP contribution in [0.15, 0.2) is 48.7 Å². The van der Waals surface area contributed by atoms with Crippen LogP contribution in [0.1, 0.15) is 16.7 Å². The summed E-state index contributed by atoms with van der Waals surface area (Å²) in [6.07, 6.45) is 2.30. The van der Waals surface area contributed by atoms with Crippen LogP contribution in [-0.2, 0) is 17.6 Å². The maximum atomic E-state index is 15.1. The number of aromatic nitrogens is 1. The van der Waals surface area contributed by atoms with Crippen molar-refractivity contribution in [1.82, 2.24) is 4.98 Å². The highest BCUT2D eigenvalue weighted by atomic mass is 19.1. The first kappa shape index (κ1) is 17.6. The minimum Gasteiger partial charge on any atom is -0.493 e. The minimum absolute atomic E-state index is 0.262. The second kappa shape index (κ2) is 6.55. The molecule has 5 heteroatoms. The van der Waals surface area contributed by atoms with Crippen molar-refractivity contribution in [3.05, 3.63) is 71.2 Å². The molecule has 0 atom stereocenters. The predicted octanol–water partition coefficient (Wildman–Crippen LogP) is 5.06. The van der Waals surface area contributed by atoms with E-state index in [0.717, 1.165) is 39.8 Å². The number of fused-ring (bicyclic) bond motifs is 1. The molecule has 1 aliphatic heterocycles. The average Bonchev–Trinajstić information content (AvgIpc) is 2.73. The lowest BCUT2D eigenvalue weighted by Gasteiger charge is -2.22. The summed E-state index contributed by atoms with van der Waals surface area (Å²) in [6, 6.07) is 13.0. The summed E-state index contributed by atoms with van der Waals surface area (Å²) in [7, 11) is 0. The van der Waals surface area contributed by atoms with Crippen molar-refractivity contribution in [1.29, 1.82) is 0 Å². The fraction of sp³-hybridized carbons (Fsp3) is 0.167. The summed E-state index contributed by atoms with van der Waals surface area (Å²) in [6.45, 7) is 2.26. The van der Waals surface area contributed by atoms with E-state index in [2.05, 4.69) is 4.98 Å². The molecule has 4 nitrogen and oxygen atoms in total. The maximum absolute atomic E-state index is 15.1. The van der Waals surface area contributed by atoms with Crippen LogP contribution >= 0.6 is 0 Å². The highest BCUT2D eigenvalue weighted by molar-refractivity contribution is 6.08. The molecule has 0 spiro atoms. The number of ether oxygens (including phenoxy) is 1. The number of aliphatic carboxylic acids is 1. The molecule has 1 N–H and O–H groups in total. The van der Waals surface area contributed by atoms with Crippen LogP contribution in [0.5, 0.6) is 5.75 Å². The molecule has 0 amide bonds. The molecule has 3 aromatic carbocycles. The first-order chi connectivity index (χ1) is 14.1. The van der Waals surface area contributed by atoms with Gasteiger partial charge in [-0.2, -0.15) is 0 Å². The molecule has 0 radical (unpaired) electrons. The maximum Gasteiger partial charge on any atom is 0.307 e. The summed E-state index contributed by atoms with van der Waals surface area (Å²) < 4.78 is 20.9. The van der Waals surface area contributed by atoms with E-state index in [1.54, 1.807) is 25.3 Å². The van der Waals surface area contributed by atoms with Gasteiger partial charge in [-0.05, 0) is 52.8 Å². The van der Waals surface area contributed by atoms with Crippen molar-refractivity contribution in [2.75, 3.05) is 6.61 Å². The molecule has 4 aromatic rings. The Hall–Kier alpha value is -3.47. The van der Waals surface area contributed by atoms with Crippen molar-refractivity contribution >= 4 is 27.6 Å². The second-order valence-corrected chi connectivity index (χ2v) is 7.31. The van der Waals surface area contributed by atoms with Gasteiger partial charge in [0.05, 0.1) is 18.5 Å². The number of halogens is 1. The van der Waals surface area contributed by atoms with E-state index >= 15 is 4.39 Å². The third kappa shape index (κ3) is 2.65. The normalized spacial score (nSPS) is 12.9. The topological polar surface area (TPSA) is 59.4 Å². The highest BCUT2D eigenvalue weighted by Gasteiger charge is 2.24. The van der Waals surface area contributed by atoms with Crippen LogP contribution < -0.4 is 4.74 Å². The quantitative estimate of drug-likeness (QED) is 0.534. The SMILES string of the molecule is Cc1c(CC(=O)O)c(-c2ccc3c4c(ccnc24)CCO3)c2ccccc2c1F. The Morgan fingerprint density at radius 2 is 1.97 bits per heavy atom. The number of carboxylic acids is 1. The van der Waals surface area contributed by atoms with E-state index in [-0.39, 0.29) is 12.2 Å². The number of carboxylic acid groups (broad SMARTS) is 1. The first-order valence-electron chi connectivity index (χ1n) is 9.51. The number of carbonyl (C=O) groups is 1. The van der Waals surface area contributed by atoms with Crippen LogP contribution in [-0.4, -0.2) is 22.7 Å². The van der Waals surface area contributed by atoms with Crippen molar-refractivity contribution in [3.8, 4) is 16.9 Å². The zero-order chi connectivity index (χ0) is 20.1. The van der Waals surface area contributed by atoms with Gasteiger partial charge in [0.25, 0.3) is 0 Å². The Morgan fingerprint density at radius 1 is 1.17 bits per heavy atom. The monoisotopic (exact) mass is 387 g/mol. The molecule has 1 aromatic heterocycles. The molecular formula is C24H18FNO3. The lowest BCUT2D eigenvalue weighted by atomic mass is 9.86. The molecule has 0 aliphatic carbocycles. The van der Waals surface area contributed by atoms with E-state index in [1.165, 1.54) is 0 Å². The fourth-order valence-electron chi connectivity index (χ4n) is 4.36. The van der Waals surface area contributed by atoms with Gasteiger partial charge in [0.15, 0.2) is 0 Å². The molecule has 2 heterocycles. The van der Waals surface area contributed by atoms with Crippen LogP contribution in [0.3, 0.4) is 0 Å². The first-order valence-corrected chi connectivity index (χ1v) is 9.51. The van der Waals surface area contributed by atoms with Gasteiger partial charge in [-0.25, -0.2) is 4.39 Å². The number of pyridine rings is 1. The average molecular weight is 387 g/mol. The molecule has 5 rings (SSSR count). The fourth-order valence-corrected chi connectivity index (χ4v) is 4.36. The number of rotatable bonds is 3. The van der Waals surface area contributed by atoms with Gasteiger partial charge in [0.1, 0.15) is 11.6 Å². The zero-order valence-corrected chi connectivity index (χ0v) is 15.8. The van der Waals surface area contributed by atoms with Gasteiger partial charge >= 0.3 is 5.97 Å². The van der Waals surface area contributed by atoms with Gasteiger partial charge in [-0.3, -0.25) is 9.78 Å². The molecule has 0 unspecified atom stereocenters. The van der Waals surface area contributed by atoms with Crippen LogP contribution in [0.4, 0.5) is 4.39 Å². The summed E-state index contributed by atoms with van der Waals surface area (Å²) in [4.78, 5) is 16.2. The number of nitrogens with zero attached hydrogens (tertiary/aromatic N) is 1. The summed E-state index contributed by atoms with van der Waals surface area (Å²) in [5.41, 5.74) is 4.27. The lowest BCUT2D eigenvalue weighted by Crippen LogP contribution is -2.10. The standard InChI is InChI=1S/C24H18FNO3/c1-13-18(12-20(27)28)22(15-4-2-3-5-16(15)23(13)25)17-6-7-19-21-14(9-11-29-19)8-10-26-24(17)21/h2-8,10H,9,11-12H2,1H3,(H,27,28). The minimum atomic E-state index is -0.997. The van der Waals surface area contributed by atoms with Crippen molar-refractivity contribution in [2.45, 2.75) is 19.8 Å². The highest BCUT2D eigenvalue weighted by Crippen LogP contribution is 2.43.